The number of hydrogen-bond acceptors (Lipinski definition) is 4. The molecule has 2 aromatic carbocycles. The number of methoxy groups -OCH3 is 1. The highest BCUT2D eigenvalue weighted by Crippen LogP contribution is 2.38. The van der Waals surface area contributed by atoms with E-state index in [1.165, 1.54) is 6.07 Å². The molecule has 3 rings (SSSR count). The van der Waals surface area contributed by atoms with Gasteiger partial charge in [-0.15, -0.1) is 13.2 Å². The summed E-state index contributed by atoms with van der Waals surface area (Å²) in [6, 6.07) is 11.7. The number of halogens is 3. The molecule has 1 fully saturated rings. The third-order valence-corrected chi connectivity index (χ3v) is 4.52. The number of rotatable bonds is 6. The van der Waals surface area contributed by atoms with Crippen LogP contribution in [0.15, 0.2) is 42.5 Å². The van der Waals surface area contributed by atoms with Crippen LogP contribution in [-0.2, 0) is 0 Å². The topological polar surface area (TPSA) is 39.7 Å². The minimum Gasteiger partial charge on any atom is -0.496 e. The summed E-state index contributed by atoms with van der Waals surface area (Å²) in [7, 11) is 1.55. The first-order valence-corrected chi connectivity index (χ1v) is 8.83. The molecule has 0 bridgehead atoms. The van der Waals surface area contributed by atoms with E-state index >= 15 is 0 Å². The lowest BCUT2D eigenvalue weighted by atomic mass is 9.99. The van der Waals surface area contributed by atoms with Crippen LogP contribution in [0.1, 0.15) is 12.8 Å². The smallest absolute Gasteiger partial charge is 0.496 e. The van der Waals surface area contributed by atoms with Gasteiger partial charge in [0.25, 0.3) is 0 Å². The Morgan fingerprint density at radius 2 is 1.74 bits per heavy atom. The van der Waals surface area contributed by atoms with Crippen LogP contribution in [0.4, 0.5) is 13.2 Å². The predicted octanol–water partition coefficient (Wildman–Crippen LogP) is 4.64. The lowest BCUT2D eigenvalue weighted by Gasteiger charge is -2.23. The average Bonchev–Trinajstić information content (AvgIpc) is 2.67. The molecule has 0 atom stereocenters. The fourth-order valence-electron chi connectivity index (χ4n) is 3.14. The number of ether oxygens (including phenoxy) is 3. The molecule has 1 N–H and O–H groups in total. The molecule has 7 heteroatoms. The lowest BCUT2D eigenvalue weighted by molar-refractivity contribution is -0.275. The predicted molar refractivity (Wildman–Crippen MR) is 96.2 cm³/mol. The van der Waals surface area contributed by atoms with Gasteiger partial charge in [0.2, 0.25) is 0 Å². The van der Waals surface area contributed by atoms with Gasteiger partial charge in [0.1, 0.15) is 5.75 Å². The Hall–Kier alpha value is -2.41. The number of alkyl halides is 3. The van der Waals surface area contributed by atoms with Gasteiger partial charge >= 0.3 is 6.36 Å². The van der Waals surface area contributed by atoms with Crippen LogP contribution in [0, 0.1) is 5.92 Å². The van der Waals surface area contributed by atoms with E-state index in [4.69, 9.17) is 9.47 Å². The molecule has 2 aromatic rings. The highest BCUT2D eigenvalue weighted by Gasteiger charge is 2.32. The first kappa shape index (κ1) is 19.4. The molecule has 1 aliphatic heterocycles. The minimum absolute atomic E-state index is 0.0780. The van der Waals surface area contributed by atoms with E-state index < -0.39 is 6.36 Å². The zero-order chi connectivity index (χ0) is 19.3. The van der Waals surface area contributed by atoms with E-state index in [2.05, 4.69) is 10.1 Å². The summed E-state index contributed by atoms with van der Waals surface area (Å²) in [6.45, 7) is 2.13. The Labute approximate surface area is 156 Å². The Morgan fingerprint density at radius 1 is 1.00 bits per heavy atom. The Morgan fingerprint density at radius 3 is 2.44 bits per heavy atom. The third kappa shape index (κ3) is 5.29. The van der Waals surface area contributed by atoms with Gasteiger partial charge in [-0.2, -0.15) is 0 Å². The van der Waals surface area contributed by atoms with Gasteiger partial charge in [-0.05, 0) is 55.6 Å². The van der Waals surface area contributed by atoms with Gasteiger partial charge in [-0.3, -0.25) is 0 Å². The molecule has 0 radical (unpaired) electrons. The first-order chi connectivity index (χ1) is 13.0. The van der Waals surface area contributed by atoms with Gasteiger partial charge < -0.3 is 19.5 Å². The van der Waals surface area contributed by atoms with E-state index in [0.717, 1.165) is 31.5 Å². The summed E-state index contributed by atoms with van der Waals surface area (Å²) in [5.74, 6) is 0.676. The molecule has 1 aliphatic rings. The number of benzene rings is 2. The van der Waals surface area contributed by atoms with Gasteiger partial charge in [-0.25, -0.2) is 0 Å². The van der Waals surface area contributed by atoms with E-state index in [1.807, 2.05) is 18.2 Å². The maximum Gasteiger partial charge on any atom is 0.573 e. The Bertz CT molecular complexity index is 758. The molecule has 0 saturated carbocycles. The molecular formula is C20H22F3NO3. The van der Waals surface area contributed by atoms with Crippen LogP contribution in [-0.4, -0.2) is 33.2 Å². The zero-order valence-corrected chi connectivity index (χ0v) is 15.0. The monoisotopic (exact) mass is 381 g/mol. The summed E-state index contributed by atoms with van der Waals surface area (Å²) < 4.78 is 53.5. The molecule has 27 heavy (non-hydrogen) atoms. The SMILES string of the molecule is COc1ccccc1-c1ccc(OC(F)(F)F)c(OCC2CCNCC2)c1. The largest absolute Gasteiger partial charge is 0.573 e. The maximum atomic E-state index is 12.8. The van der Waals surface area contributed by atoms with Gasteiger partial charge in [0.05, 0.1) is 13.7 Å². The van der Waals surface area contributed by atoms with Crippen molar-refractivity contribution in [3.63, 3.8) is 0 Å². The molecule has 1 saturated heterocycles. The maximum absolute atomic E-state index is 12.8. The van der Waals surface area contributed by atoms with Crippen molar-refractivity contribution in [2.45, 2.75) is 19.2 Å². The van der Waals surface area contributed by atoms with Crippen molar-refractivity contribution in [3.05, 3.63) is 42.5 Å². The fraction of sp³-hybridized carbons (Fsp3) is 0.400. The lowest BCUT2D eigenvalue weighted by Crippen LogP contribution is -2.30. The second kappa shape index (κ2) is 8.52. The highest BCUT2D eigenvalue weighted by molar-refractivity contribution is 5.72. The standard InChI is InChI=1S/C20H22F3NO3/c1-25-17-5-3-2-4-16(17)15-6-7-18(27-20(21,22)23)19(12-15)26-13-14-8-10-24-11-9-14/h2-7,12,14,24H,8-11,13H2,1H3. The van der Waals surface area contributed by atoms with Crippen molar-refractivity contribution in [1.29, 1.82) is 0 Å². The van der Waals surface area contributed by atoms with E-state index in [1.54, 1.807) is 25.3 Å². The van der Waals surface area contributed by atoms with Crippen LogP contribution in [0.3, 0.4) is 0 Å². The summed E-state index contributed by atoms with van der Waals surface area (Å²) in [5.41, 5.74) is 1.47. The van der Waals surface area contributed by atoms with E-state index in [9.17, 15) is 13.2 Å². The molecule has 146 valence electrons. The first-order valence-electron chi connectivity index (χ1n) is 8.83. The summed E-state index contributed by atoms with van der Waals surface area (Å²) in [4.78, 5) is 0. The van der Waals surface area contributed by atoms with Crippen molar-refractivity contribution in [2.75, 3.05) is 26.8 Å². The molecule has 0 amide bonds. The zero-order valence-electron chi connectivity index (χ0n) is 15.0. The van der Waals surface area contributed by atoms with E-state index in [0.29, 0.717) is 23.8 Å². The van der Waals surface area contributed by atoms with Crippen molar-refractivity contribution < 1.29 is 27.4 Å². The number of piperidine rings is 1. The summed E-state index contributed by atoms with van der Waals surface area (Å²) in [6.07, 6.45) is -2.91. The molecular weight excluding hydrogens is 359 g/mol. The van der Waals surface area contributed by atoms with Gasteiger partial charge in [0.15, 0.2) is 11.5 Å². The highest BCUT2D eigenvalue weighted by atomic mass is 19.4. The Kier molecular flexibility index (Phi) is 6.11. The molecule has 4 nitrogen and oxygen atoms in total. The quantitative estimate of drug-likeness (QED) is 0.791. The van der Waals surface area contributed by atoms with Crippen LogP contribution >= 0.6 is 0 Å². The summed E-state index contributed by atoms with van der Waals surface area (Å²) >= 11 is 0. The molecule has 1 heterocycles. The van der Waals surface area contributed by atoms with Gasteiger partial charge in [0, 0.05) is 5.56 Å². The second-order valence-corrected chi connectivity index (χ2v) is 6.41. The van der Waals surface area contributed by atoms with Crippen LogP contribution < -0.4 is 19.5 Å². The Balaban J connectivity index is 1.88. The number of hydrogen-bond donors (Lipinski definition) is 1. The normalized spacial score (nSPS) is 15.4. The number of para-hydroxylation sites is 1. The molecule has 0 aliphatic carbocycles. The van der Waals surface area contributed by atoms with Crippen molar-refractivity contribution in [2.24, 2.45) is 5.92 Å². The third-order valence-electron chi connectivity index (χ3n) is 4.52. The van der Waals surface area contributed by atoms with Crippen LogP contribution in [0.5, 0.6) is 17.2 Å². The minimum atomic E-state index is -4.78. The molecule has 0 aromatic heterocycles. The van der Waals surface area contributed by atoms with Crippen LogP contribution in [0.2, 0.25) is 0 Å². The van der Waals surface area contributed by atoms with Gasteiger partial charge in [-0.1, -0.05) is 24.3 Å². The second-order valence-electron chi connectivity index (χ2n) is 6.41. The van der Waals surface area contributed by atoms with Crippen molar-refractivity contribution >= 4 is 0 Å². The molecule has 0 spiro atoms. The number of nitrogens with one attached hydrogen (secondary N) is 1. The van der Waals surface area contributed by atoms with Crippen molar-refractivity contribution in [3.8, 4) is 28.4 Å². The van der Waals surface area contributed by atoms with E-state index in [-0.39, 0.29) is 11.5 Å². The average molecular weight is 381 g/mol. The fourth-order valence-corrected chi connectivity index (χ4v) is 3.14. The summed E-state index contributed by atoms with van der Waals surface area (Å²) in [5, 5.41) is 3.26. The van der Waals surface area contributed by atoms with Crippen LogP contribution in [0.25, 0.3) is 11.1 Å². The molecule has 0 unspecified atom stereocenters. The van der Waals surface area contributed by atoms with Crippen molar-refractivity contribution in [1.82, 2.24) is 5.32 Å².